The van der Waals surface area contributed by atoms with Gasteiger partial charge in [-0.2, -0.15) is 0 Å². The van der Waals surface area contributed by atoms with Crippen LogP contribution in [0.15, 0.2) is 0 Å². The number of nitrogens with two attached hydrogens (primary N) is 1. The van der Waals surface area contributed by atoms with E-state index in [1.54, 1.807) is 0 Å². The SMILES string of the molecule is NCC1CCN(C(=O)C(=O)O)C1. The highest BCUT2D eigenvalue weighted by molar-refractivity contribution is 6.31. The highest BCUT2D eigenvalue weighted by Crippen LogP contribution is 2.14. The fourth-order valence-electron chi connectivity index (χ4n) is 1.34. The van der Waals surface area contributed by atoms with E-state index < -0.39 is 11.9 Å². The van der Waals surface area contributed by atoms with Gasteiger partial charge in [0, 0.05) is 13.1 Å². The van der Waals surface area contributed by atoms with Gasteiger partial charge >= 0.3 is 11.9 Å². The lowest BCUT2D eigenvalue weighted by Crippen LogP contribution is -2.35. The summed E-state index contributed by atoms with van der Waals surface area (Å²) in [7, 11) is 0. The summed E-state index contributed by atoms with van der Waals surface area (Å²) in [6.45, 7) is 1.53. The summed E-state index contributed by atoms with van der Waals surface area (Å²) in [5.41, 5.74) is 5.39. The Kier molecular flexibility index (Phi) is 2.65. The number of hydrogen-bond donors (Lipinski definition) is 2. The third-order valence-corrected chi connectivity index (χ3v) is 2.09. The van der Waals surface area contributed by atoms with Crippen molar-refractivity contribution >= 4 is 11.9 Å². The van der Waals surface area contributed by atoms with Crippen LogP contribution < -0.4 is 5.73 Å². The van der Waals surface area contributed by atoms with Crippen LogP contribution in [0.4, 0.5) is 0 Å². The quantitative estimate of drug-likeness (QED) is 0.491. The van der Waals surface area contributed by atoms with Crippen molar-refractivity contribution in [2.24, 2.45) is 11.7 Å². The molecule has 1 heterocycles. The molecule has 0 radical (unpaired) electrons. The number of carboxylic acids is 1. The first-order valence-electron chi connectivity index (χ1n) is 3.87. The number of amides is 1. The average Bonchev–Trinajstić information content (AvgIpc) is 2.50. The summed E-state index contributed by atoms with van der Waals surface area (Å²) in [5, 5.41) is 8.38. The lowest BCUT2D eigenvalue weighted by Gasteiger charge is -2.12. The van der Waals surface area contributed by atoms with Crippen molar-refractivity contribution in [1.29, 1.82) is 0 Å². The molecule has 1 amide bonds. The van der Waals surface area contributed by atoms with Gasteiger partial charge in [0.2, 0.25) is 0 Å². The molecule has 0 aliphatic carbocycles. The summed E-state index contributed by atoms with van der Waals surface area (Å²) in [6.07, 6.45) is 0.815. The van der Waals surface area contributed by atoms with Crippen molar-refractivity contribution < 1.29 is 14.7 Å². The second kappa shape index (κ2) is 3.53. The minimum Gasteiger partial charge on any atom is -0.474 e. The Bertz CT molecular complexity index is 205. The van der Waals surface area contributed by atoms with Crippen LogP contribution in [0, 0.1) is 5.92 Å². The zero-order valence-electron chi connectivity index (χ0n) is 6.69. The smallest absolute Gasteiger partial charge is 0.394 e. The summed E-state index contributed by atoms with van der Waals surface area (Å²) in [6, 6.07) is 0. The Morgan fingerprint density at radius 3 is 2.67 bits per heavy atom. The third kappa shape index (κ3) is 1.73. The van der Waals surface area contributed by atoms with Crippen LogP contribution in [0.1, 0.15) is 6.42 Å². The van der Waals surface area contributed by atoms with E-state index >= 15 is 0 Å². The lowest BCUT2D eigenvalue weighted by molar-refractivity contribution is -0.155. The van der Waals surface area contributed by atoms with Gasteiger partial charge in [-0.25, -0.2) is 4.79 Å². The highest BCUT2D eigenvalue weighted by atomic mass is 16.4. The molecule has 1 unspecified atom stereocenters. The maximum absolute atomic E-state index is 10.9. The van der Waals surface area contributed by atoms with Gasteiger partial charge < -0.3 is 15.7 Å². The van der Waals surface area contributed by atoms with Gasteiger partial charge in [0.25, 0.3) is 0 Å². The number of aliphatic carboxylic acids is 1. The fraction of sp³-hybridized carbons (Fsp3) is 0.714. The Balaban J connectivity index is 2.46. The minimum atomic E-state index is -1.38. The van der Waals surface area contributed by atoms with E-state index in [2.05, 4.69) is 0 Å². The second-order valence-corrected chi connectivity index (χ2v) is 2.95. The topological polar surface area (TPSA) is 83.6 Å². The van der Waals surface area contributed by atoms with Crippen molar-refractivity contribution in [1.82, 2.24) is 4.90 Å². The van der Waals surface area contributed by atoms with Crippen molar-refractivity contribution in [2.45, 2.75) is 6.42 Å². The molecule has 1 atom stereocenters. The van der Waals surface area contributed by atoms with Gasteiger partial charge in [-0.1, -0.05) is 0 Å². The van der Waals surface area contributed by atoms with Crippen LogP contribution in [0.2, 0.25) is 0 Å². The van der Waals surface area contributed by atoms with Crippen molar-refractivity contribution in [2.75, 3.05) is 19.6 Å². The van der Waals surface area contributed by atoms with Crippen LogP contribution in [0.25, 0.3) is 0 Å². The van der Waals surface area contributed by atoms with Gasteiger partial charge in [0.1, 0.15) is 0 Å². The minimum absolute atomic E-state index is 0.272. The molecule has 12 heavy (non-hydrogen) atoms. The zero-order chi connectivity index (χ0) is 9.14. The molecular weight excluding hydrogens is 160 g/mol. The molecule has 1 aliphatic rings. The van der Waals surface area contributed by atoms with Crippen LogP contribution in [0.3, 0.4) is 0 Å². The number of carboxylic acid groups (broad SMARTS) is 1. The van der Waals surface area contributed by atoms with E-state index in [1.165, 1.54) is 4.90 Å². The molecule has 0 saturated carbocycles. The monoisotopic (exact) mass is 172 g/mol. The maximum atomic E-state index is 10.9. The molecule has 1 rings (SSSR count). The molecular formula is C7H12N2O3. The number of carbonyl (C=O) groups is 2. The number of likely N-dealkylation sites (tertiary alicyclic amines) is 1. The zero-order valence-corrected chi connectivity index (χ0v) is 6.69. The molecule has 0 aromatic rings. The molecule has 5 nitrogen and oxygen atoms in total. The van der Waals surface area contributed by atoms with Gasteiger partial charge in [-0.15, -0.1) is 0 Å². The molecule has 0 spiro atoms. The molecule has 0 aromatic carbocycles. The molecule has 5 heteroatoms. The van der Waals surface area contributed by atoms with Crippen LogP contribution in [0.5, 0.6) is 0 Å². The molecule has 1 aliphatic heterocycles. The molecule has 1 fully saturated rings. The van der Waals surface area contributed by atoms with Crippen LogP contribution in [-0.4, -0.2) is 41.5 Å². The first kappa shape index (κ1) is 8.99. The Morgan fingerprint density at radius 1 is 1.58 bits per heavy atom. The van der Waals surface area contributed by atoms with Crippen LogP contribution in [-0.2, 0) is 9.59 Å². The van der Waals surface area contributed by atoms with Gasteiger partial charge in [0.05, 0.1) is 0 Å². The van der Waals surface area contributed by atoms with E-state index in [4.69, 9.17) is 10.8 Å². The number of hydrogen-bond acceptors (Lipinski definition) is 3. The van der Waals surface area contributed by atoms with Crippen molar-refractivity contribution in [3.8, 4) is 0 Å². The molecule has 0 aromatic heterocycles. The first-order chi connectivity index (χ1) is 5.65. The van der Waals surface area contributed by atoms with E-state index in [1.807, 2.05) is 0 Å². The second-order valence-electron chi connectivity index (χ2n) is 2.95. The largest absolute Gasteiger partial charge is 0.474 e. The Labute approximate surface area is 70.1 Å². The third-order valence-electron chi connectivity index (χ3n) is 2.09. The molecule has 0 bridgehead atoms. The first-order valence-corrected chi connectivity index (χ1v) is 3.87. The summed E-state index contributed by atoms with van der Waals surface area (Å²) >= 11 is 0. The standard InChI is InChI=1S/C7H12N2O3/c8-3-5-1-2-9(4-5)6(10)7(11)12/h5H,1-4,8H2,(H,11,12). The normalized spacial score (nSPS) is 22.8. The predicted molar refractivity (Wildman–Crippen MR) is 41.4 cm³/mol. The van der Waals surface area contributed by atoms with Gasteiger partial charge in [-0.05, 0) is 18.9 Å². The molecule has 1 saturated heterocycles. The number of rotatable bonds is 1. The average molecular weight is 172 g/mol. The Hall–Kier alpha value is -1.10. The maximum Gasteiger partial charge on any atom is 0.394 e. The van der Waals surface area contributed by atoms with Crippen molar-refractivity contribution in [3.63, 3.8) is 0 Å². The summed E-state index contributed by atoms with van der Waals surface area (Å²) in [5.74, 6) is -1.92. The molecule has 3 N–H and O–H groups in total. The number of carbonyl (C=O) groups excluding carboxylic acids is 1. The van der Waals surface area contributed by atoms with E-state index in [-0.39, 0.29) is 5.92 Å². The number of nitrogens with zero attached hydrogens (tertiary/aromatic N) is 1. The van der Waals surface area contributed by atoms with Gasteiger partial charge in [0.15, 0.2) is 0 Å². The highest BCUT2D eigenvalue weighted by Gasteiger charge is 2.28. The van der Waals surface area contributed by atoms with E-state index in [9.17, 15) is 9.59 Å². The summed E-state index contributed by atoms with van der Waals surface area (Å²) in [4.78, 5) is 22.5. The van der Waals surface area contributed by atoms with E-state index in [0.29, 0.717) is 19.6 Å². The van der Waals surface area contributed by atoms with Crippen molar-refractivity contribution in [3.05, 3.63) is 0 Å². The molecule has 68 valence electrons. The predicted octanol–water partition coefficient (Wildman–Crippen LogP) is -1.12. The fourth-order valence-corrected chi connectivity index (χ4v) is 1.34. The lowest BCUT2D eigenvalue weighted by atomic mass is 10.1. The van der Waals surface area contributed by atoms with Crippen LogP contribution >= 0.6 is 0 Å². The summed E-state index contributed by atoms with van der Waals surface area (Å²) < 4.78 is 0. The Morgan fingerprint density at radius 2 is 2.25 bits per heavy atom. The van der Waals surface area contributed by atoms with E-state index in [0.717, 1.165) is 6.42 Å². The van der Waals surface area contributed by atoms with Gasteiger partial charge in [-0.3, -0.25) is 4.79 Å².